The molecule has 4 nitrogen and oxygen atoms in total. The number of carbonyl (C=O) groups excluding carboxylic acids is 1. The number of halogens is 2. The van der Waals surface area contributed by atoms with Crippen molar-refractivity contribution in [3.05, 3.63) is 33.8 Å². The highest BCUT2D eigenvalue weighted by Gasteiger charge is 2.35. The fourth-order valence-corrected chi connectivity index (χ4v) is 2.25. The number of nitrogens with one attached hydrogen (secondary N) is 2. The summed E-state index contributed by atoms with van der Waals surface area (Å²) in [6, 6.07) is 6.36. The highest BCUT2D eigenvalue weighted by Crippen LogP contribution is 2.30. The third-order valence-corrected chi connectivity index (χ3v) is 3.54. The van der Waals surface area contributed by atoms with Crippen LogP contribution in [0.4, 0.5) is 0 Å². The molecule has 1 aliphatic heterocycles. The lowest BCUT2D eigenvalue weighted by Gasteiger charge is -2.29. The van der Waals surface area contributed by atoms with E-state index in [0.29, 0.717) is 15.6 Å². The number of hydrogen-bond acceptors (Lipinski definition) is 3. The van der Waals surface area contributed by atoms with Crippen LogP contribution in [-0.4, -0.2) is 11.0 Å². The van der Waals surface area contributed by atoms with Gasteiger partial charge >= 0.3 is 0 Å². The number of benzene rings is 1. The van der Waals surface area contributed by atoms with Crippen molar-refractivity contribution in [1.82, 2.24) is 10.6 Å². The molecule has 0 radical (unpaired) electrons. The standard InChI is InChI=1S/C11H7Cl2N3OS/c12-7-2-1-5(3-8(7)13)9-6(4-14)10(17)16-11(18)15-9/h1-3,6,9H,(H2,15,16,17,18). The predicted molar refractivity (Wildman–Crippen MR) is 72.2 cm³/mol. The summed E-state index contributed by atoms with van der Waals surface area (Å²) in [5, 5.41) is 15.3. The molecule has 0 aromatic heterocycles. The maximum absolute atomic E-state index is 11.7. The zero-order chi connectivity index (χ0) is 13.3. The van der Waals surface area contributed by atoms with Gasteiger partial charge in [0.25, 0.3) is 0 Å². The summed E-state index contributed by atoms with van der Waals surface area (Å²) in [5.41, 5.74) is 0.688. The number of nitriles is 1. The summed E-state index contributed by atoms with van der Waals surface area (Å²) in [7, 11) is 0. The third kappa shape index (κ3) is 2.41. The Morgan fingerprint density at radius 3 is 2.67 bits per heavy atom. The first-order chi connectivity index (χ1) is 8.52. The lowest BCUT2D eigenvalue weighted by molar-refractivity contribution is -0.123. The van der Waals surface area contributed by atoms with Crippen LogP contribution in [0.15, 0.2) is 18.2 Å². The Hall–Kier alpha value is -1.35. The van der Waals surface area contributed by atoms with E-state index in [9.17, 15) is 4.79 Å². The summed E-state index contributed by atoms with van der Waals surface area (Å²) < 4.78 is 0. The molecule has 0 aliphatic carbocycles. The van der Waals surface area contributed by atoms with Gasteiger partial charge in [-0.05, 0) is 29.9 Å². The minimum atomic E-state index is -0.867. The van der Waals surface area contributed by atoms with Gasteiger partial charge in [0, 0.05) is 0 Å². The molecule has 7 heteroatoms. The first kappa shape index (κ1) is 13.1. The number of carbonyl (C=O) groups is 1. The summed E-state index contributed by atoms with van der Waals surface area (Å²) in [4.78, 5) is 11.7. The summed E-state index contributed by atoms with van der Waals surface area (Å²) in [6.45, 7) is 0. The van der Waals surface area contributed by atoms with E-state index in [-0.39, 0.29) is 5.11 Å². The van der Waals surface area contributed by atoms with Crippen molar-refractivity contribution in [1.29, 1.82) is 5.26 Å². The molecule has 92 valence electrons. The van der Waals surface area contributed by atoms with E-state index in [1.165, 1.54) is 0 Å². The van der Waals surface area contributed by atoms with Crippen molar-refractivity contribution in [2.75, 3.05) is 0 Å². The van der Waals surface area contributed by atoms with Gasteiger partial charge in [-0.2, -0.15) is 5.26 Å². The maximum atomic E-state index is 11.7. The second-order valence-electron chi connectivity index (χ2n) is 3.72. The molecule has 2 rings (SSSR count). The van der Waals surface area contributed by atoms with E-state index in [0.717, 1.165) is 0 Å². The molecule has 0 spiro atoms. The van der Waals surface area contributed by atoms with Gasteiger partial charge in [-0.3, -0.25) is 4.79 Å². The second-order valence-corrected chi connectivity index (χ2v) is 4.94. The number of amides is 1. The Morgan fingerprint density at radius 1 is 1.33 bits per heavy atom. The quantitative estimate of drug-likeness (QED) is 0.780. The van der Waals surface area contributed by atoms with Crippen LogP contribution in [0.3, 0.4) is 0 Å². The van der Waals surface area contributed by atoms with Crippen LogP contribution in [0, 0.1) is 17.2 Å². The Bertz CT molecular complexity index is 570. The van der Waals surface area contributed by atoms with E-state index in [1.54, 1.807) is 18.2 Å². The van der Waals surface area contributed by atoms with E-state index in [2.05, 4.69) is 10.6 Å². The molecule has 18 heavy (non-hydrogen) atoms. The average molecular weight is 300 g/mol. The van der Waals surface area contributed by atoms with E-state index >= 15 is 0 Å². The van der Waals surface area contributed by atoms with Gasteiger partial charge in [-0.1, -0.05) is 29.3 Å². The highest BCUT2D eigenvalue weighted by atomic mass is 35.5. The van der Waals surface area contributed by atoms with Gasteiger partial charge in [0.15, 0.2) is 5.11 Å². The molecule has 1 aromatic carbocycles. The Balaban J connectivity index is 2.40. The average Bonchev–Trinajstić information content (AvgIpc) is 2.32. The van der Waals surface area contributed by atoms with Gasteiger partial charge in [-0.25, -0.2) is 0 Å². The molecule has 1 aromatic rings. The van der Waals surface area contributed by atoms with E-state index in [1.807, 2.05) is 6.07 Å². The van der Waals surface area contributed by atoms with Gasteiger partial charge in [0.2, 0.25) is 5.91 Å². The zero-order valence-electron chi connectivity index (χ0n) is 8.91. The first-order valence-electron chi connectivity index (χ1n) is 4.99. The van der Waals surface area contributed by atoms with Gasteiger partial charge in [0.1, 0.15) is 5.92 Å². The minimum Gasteiger partial charge on any atom is -0.354 e. The molecule has 1 amide bonds. The molecular formula is C11H7Cl2N3OS. The molecule has 0 bridgehead atoms. The molecule has 1 saturated heterocycles. The largest absolute Gasteiger partial charge is 0.354 e. The number of hydrogen-bond donors (Lipinski definition) is 2. The smallest absolute Gasteiger partial charge is 0.245 e. The Morgan fingerprint density at radius 2 is 2.06 bits per heavy atom. The van der Waals surface area contributed by atoms with Crippen LogP contribution in [0.1, 0.15) is 11.6 Å². The van der Waals surface area contributed by atoms with Crippen molar-refractivity contribution in [3.8, 4) is 6.07 Å². The Kier molecular flexibility index (Phi) is 3.71. The molecule has 2 unspecified atom stereocenters. The normalized spacial score (nSPS) is 22.9. The lowest BCUT2D eigenvalue weighted by atomic mass is 9.92. The third-order valence-electron chi connectivity index (χ3n) is 2.58. The van der Waals surface area contributed by atoms with E-state index in [4.69, 9.17) is 40.7 Å². The first-order valence-corrected chi connectivity index (χ1v) is 6.15. The Labute approximate surface area is 119 Å². The summed E-state index contributed by atoms with van der Waals surface area (Å²) >= 11 is 16.7. The van der Waals surface area contributed by atoms with Crippen LogP contribution in [0.2, 0.25) is 10.0 Å². The van der Waals surface area contributed by atoms with E-state index < -0.39 is 17.9 Å². The summed E-state index contributed by atoms with van der Waals surface area (Å²) in [5.74, 6) is -1.29. The lowest BCUT2D eigenvalue weighted by Crippen LogP contribution is -2.53. The topological polar surface area (TPSA) is 64.9 Å². The highest BCUT2D eigenvalue weighted by molar-refractivity contribution is 7.80. The van der Waals surface area contributed by atoms with Crippen LogP contribution in [-0.2, 0) is 4.79 Å². The molecule has 1 heterocycles. The van der Waals surface area contributed by atoms with Crippen LogP contribution < -0.4 is 10.6 Å². The van der Waals surface area contributed by atoms with Crippen LogP contribution >= 0.6 is 35.4 Å². The second kappa shape index (κ2) is 5.11. The number of thiocarbonyl (C=S) groups is 1. The minimum absolute atomic E-state index is 0.197. The van der Waals surface area contributed by atoms with Crippen molar-refractivity contribution >= 4 is 46.4 Å². The van der Waals surface area contributed by atoms with Crippen LogP contribution in [0.5, 0.6) is 0 Å². The zero-order valence-corrected chi connectivity index (χ0v) is 11.2. The van der Waals surface area contributed by atoms with Gasteiger partial charge in [0.05, 0.1) is 22.2 Å². The van der Waals surface area contributed by atoms with Crippen molar-refractivity contribution in [2.24, 2.45) is 5.92 Å². The molecule has 0 saturated carbocycles. The van der Waals surface area contributed by atoms with Crippen LogP contribution in [0.25, 0.3) is 0 Å². The molecule has 1 aliphatic rings. The summed E-state index contributed by atoms with van der Waals surface area (Å²) in [6.07, 6.45) is 0. The fraction of sp³-hybridized carbons (Fsp3) is 0.182. The monoisotopic (exact) mass is 299 g/mol. The van der Waals surface area contributed by atoms with Crippen molar-refractivity contribution in [2.45, 2.75) is 6.04 Å². The SMILES string of the molecule is N#CC1C(=O)NC(=S)NC1c1ccc(Cl)c(Cl)c1. The molecule has 2 N–H and O–H groups in total. The predicted octanol–water partition coefficient (Wildman–Crippen LogP) is 2.18. The maximum Gasteiger partial charge on any atom is 0.245 e. The van der Waals surface area contributed by atoms with Crippen molar-refractivity contribution in [3.63, 3.8) is 0 Å². The number of rotatable bonds is 1. The van der Waals surface area contributed by atoms with Gasteiger partial charge in [-0.15, -0.1) is 0 Å². The fourth-order valence-electron chi connectivity index (χ4n) is 1.72. The molecule has 2 atom stereocenters. The van der Waals surface area contributed by atoms with Gasteiger partial charge < -0.3 is 10.6 Å². The molecular weight excluding hydrogens is 293 g/mol. The van der Waals surface area contributed by atoms with Crippen molar-refractivity contribution < 1.29 is 4.79 Å². The number of nitrogens with zero attached hydrogens (tertiary/aromatic N) is 1. The molecule has 1 fully saturated rings.